The Kier molecular flexibility index (Phi) is 7.45. The number of amides is 2. The van der Waals surface area contributed by atoms with Gasteiger partial charge >= 0.3 is 0 Å². The molecular formula is C14H27ClN4O4S. The van der Waals surface area contributed by atoms with E-state index < -0.39 is 21.2 Å². The standard InChI is InChI=1S/C14H26N4O4S.ClH/c1-11(14(20)16(2)3)23(21,22)17-7-4-5-12(10-17)18-8-6-15-9-13(18)19;/h11-12,15H,4-10H2,1-3H3;1H. The van der Waals surface area contributed by atoms with Gasteiger partial charge in [0.05, 0.1) is 6.54 Å². The van der Waals surface area contributed by atoms with Crippen LogP contribution < -0.4 is 5.32 Å². The van der Waals surface area contributed by atoms with Gasteiger partial charge in [0.25, 0.3) is 0 Å². The molecule has 2 aliphatic heterocycles. The number of nitrogens with one attached hydrogen (secondary N) is 1. The summed E-state index contributed by atoms with van der Waals surface area (Å²) in [5, 5.41) is 1.92. The van der Waals surface area contributed by atoms with Crippen LogP contribution in [-0.2, 0) is 19.6 Å². The fraction of sp³-hybridized carbons (Fsp3) is 0.857. The lowest BCUT2D eigenvalue weighted by molar-refractivity contribution is -0.135. The maximum Gasteiger partial charge on any atom is 0.241 e. The topological polar surface area (TPSA) is 90.0 Å². The highest BCUT2D eigenvalue weighted by Gasteiger charge is 2.39. The molecule has 2 amide bonds. The summed E-state index contributed by atoms with van der Waals surface area (Å²) in [5.74, 6) is -0.414. The van der Waals surface area contributed by atoms with Crippen LogP contribution in [-0.4, -0.2) is 92.4 Å². The SMILES string of the molecule is CC(C(=O)N(C)C)S(=O)(=O)N1CCCC(N2CCNCC2=O)C1.Cl. The van der Waals surface area contributed by atoms with Gasteiger partial charge in [-0.05, 0) is 19.8 Å². The van der Waals surface area contributed by atoms with E-state index in [1.807, 2.05) is 0 Å². The fourth-order valence-corrected chi connectivity index (χ4v) is 4.80. The van der Waals surface area contributed by atoms with Crippen molar-refractivity contribution in [1.82, 2.24) is 19.4 Å². The first-order valence-electron chi connectivity index (χ1n) is 7.95. The van der Waals surface area contributed by atoms with Gasteiger partial charge < -0.3 is 15.1 Å². The lowest BCUT2D eigenvalue weighted by Gasteiger charge is -2.41. The van der Waals surface area contributed by atoms with E-state index in [2.05, 4.69) is 5.32 Å². The third-order valence-corrected chi connectivity index (χ3v) is 6.67. The molecule has 0 bridgehead atoms. The molecule has 2 fully saturated rings. The van der Waals surface area contributed by atoms with Gasteiger partial charge in [-0.2, -0.15) is 4.31 Å². The van der Waals surface area contributed by atoms with Gasteiger partial charge in [0.1, 0.15) is 0 Å². The highest BCUT2D eigenvalue weighted by molar-refractivity contribution is 7.90. The van der Waals surface area contributed by atoms with Gasteiger partial charge in [0.2, 0.25) is 21.8 Å². The Morgan fingerprint density at radius 1 is 1.33 bits per heavy atom. The first-order chi connectivity index (χ1) is 10.7. The molecule has 10 heteroatoms. The Labute approximate surface area is 150 Å². The Bertz CT molecular complexity index is 569. The molecule has 1 N–H and O–H groups in total. The molecule has 2 unspecified atom stereocenters. The maximum atomic E-state index is 12.7. The Balaban J connectivity index is 0.00000288. The number of piperazine rings is 1. The van der Waals surface area contributed by atoms with Crippen molar-refractivity contribution in [2.24, 2.45) is 0 Å². The summed E-state index contributed by atoms with van der Waals surface area (Å²) in [6, 6.07) is -0.102. The number of hydrogen-bond donors (Lipinski definition) is 1. The minimum absolute atomic E-state index is 0. The fourth-order valence-electron chi connectivity index (χ4n) is 3.13. The summed E-state index contributed by atoms with van der Waals surface area (Å²) in [6.45, 7) is 3.74. The van der Waals surface area contributed by atoms with E-state index in [0.717, 1.165) is 13.0 Å². The lowest BCUT2D eigenvalue weighted by Crippen LogP contribution is -2.58. The van der Waals surface area contributed by atoms with Crippen molar-refractivity contribution in [2.45, 2.75) is 31.1 Å². The van der Waals surface area contributed by atoms with Gasteiger partial charge in [0, 0.05) is 46.3 Å². The van der Waals surface area contributed by atoms with E-state index >= 15 is 0 Å². The number of carbonyl (C=O) groups excluding carboxylic acids is 2. The highest BCUT2D eigenvalue weighted by atomic mass is 35.5. The normalized spacial score (nSPS) is 24.2. The molecular weight excluding hydrogens is 356 g/mol. The van der Waals surface area contributed by atoms with E-state index in [1.165, 1.54) is 16.1 Å². The van der Waals surface area contributed by atoms with Gasteiger partial charge in [-0.25, -0.2) is 8.42 Å². The van der Waals surface area contributed by atoms with Crippen LogP contribution >= 0.6 is 12.4 Å². The molecule has 0 aliphatic carbocycles. The van der Waals surface area contributed by atoms with E-state index in [4.69, 9.17) is 0 Å². The molecule has 140 valence electrons. The second-order valence-corrected chi connectivity index (χ2v) is 8.59. The van der Waals surface area contributed by atoms with Gasteiger partial charge in [-0.1, -0.05) is 0 Å². The number of sulfonamides is 1. The third-order valence-electron chi connectivity index (χ3n) is 4.52. The van der Waals surface area contributed by atoms with Crippen molar-refractivity contribution in [3.63, 3.8) is 0 Å². The van der Waals surface area contributed by atoms with Crippen LogP contribution in [0, 0.1) is 0 Å². The molecule has 2 heterocycles. The second-order valence-electron chi connectivity index (χ2n) is 6.34. The summed E-state index contributed by atoms with van der Waals surface area (Å²) in [6.07, 6.45) is 1.50. The second kappa shape index (κ2) is 8.46. The quantitative estimate of drug-likeness (QED) is 0.681. The maximum absolute atomic E-state index is 12.7. The zero-order chi connectivity index (χ0) is 17.2. The molecule has 0 aromatic rings. The van der Waals surface area contributed by atoms with Gasteiger partial charge in [-0.3, -0.25) is 9.59 Å². The smallest absolute Gasteiger partial charge is 0.241 e. The van der Waals surface area contributed by atoms with Gasteiger partial charge in [-0.15, -0.1) is 12.4 Å². The Morgan fingerprint density at radius 3 is 2.58 bits per heavy atom. The Hall–Kier alpha value is -0.900. The summed E-state index contributed by atoms with van der Waals surface area (Å²) < 4.78 is 26.8. The summed E-state index contributed by atoms with van der Waals surface area (Å²) in [4.78, 5) is 27.1. The molecule has 24 heavy (non-hydrogen) atoms. The number of hydrogen-bond acceptors (Lipinski definition) is 5. The van der Waals surface area contributed by atoms with Crippen molar-refractivity contribution in [1.29, 1.82) is 0 Å². The van der Waals surface area contributed by atoms with E-state index in [9.17, 15) is 18.0 Å². The van der Waals surface area contributed by atoms with Gasteiger partial charge in [0.15, 0.2) is 5.25 Å². The number of carbonyl (C=O) groups is 2. The van der Waals surface area contributed by atoms with Crippen molar-refractivity contribution in [3.05, 3.63) is 0 Å². The summed E-state index contributed by atoms with van der Waals surface area (Å²) in [5.41, 5.74) is 0. The lowest BCUT2D eigenvalue weighted by atomic mass is 10.1. The molecule has 0 radical (unpaired) electrons. The van der Waals surface area contributed by atoms with Crippen molar-refractivity contribution < 1.29 is 18.0 Å². The van der Waals surface area contributed by atoms with Crippen LogP contribution in [0.2, 0.25) is 0 Å². The summed E-state index contributed by atoms with van der Waals surface area (Å²) >= 11 is 0. The summed E-state index contributed by atoms with van der Waals surface area (Å²) in [7, 11) is -0.610. The van der Waals surface area contributed by atoms with Crippen LogP contribution in [0.25, 0.3) is 0 Å². The number of piperidine rings is 1. The molecule has 0 spiro atoms. The van der Waals surface area contributed by atoms with Crippen LogP contribution in [0.15, 0.2) is 0 Å². The van der Waals surface area contributed by atoms with E-state index in [0.29, 0.717) is 26.1 Å². The minimum atomic E-state index is -3.71. The average Bonchev–Trinajstić information content (AvgIpc) is 2.53. The molecule has 0 aromatic carbocycles. The molecule has 8 nitrogen and oxygen atoms in total. The number of nitrogens with zero attached hydrogens (tertiary/aromatic N) is 3. The molecule has 0 saturated carbocycles. The van der Waals surface area contributed by atoms with Crippen LogP contribution in [0.4, 0.5) is 0 Å². The highest BCUT2D eigenvalue weighted by Crippen LogP contribution is 2.22. The van der Waals surface area contributed by atoms with Crippen molar-refractivity contribution >= 4 is 34.2 Å². The van der Waals surface area contributed by atoms with Crippen molar-refractivity contribution in [3.8, 4) is 0 Å². The zero-order valence-electron chi connectivity index (χ0n) is 14.4. The zero-order valence-corrected chi connectivity index (χ0v) is 16.0. The van der Waals surface area contributed by atoms with Crippen LogP contribution in [0.1, 0.15) is 19.8 Å². The first-order valence-corrected chi connectivity index (χ1v) is 9.45. The predicted octanol–water partition coefficient (Wildman–Crippen LogP) is -0.889. The van der Waals surface area contributed by atoms with E-state index in [-0.39, 0.29) is 30.9 Å². The van der Waals surface area contributed by atoms with Crippen LogP contribution in [0.3, 0.4) is 0 Å². The third kappa shape index (κ3) is 4.38. The minimum Gasteiger partial charge on any atom is -0.348 e. The Morgan fingerprint density at radius 2 is 2.00 bits per heavy atom. The monoisotopic (exact) mass is 382 g/mol. The molecule has 2 aliphatic rings. The molecule has 0 aromatic heterocycles. The number of halogens is 1. The predicted molar refractivity (Wildman–Crippen MR) is 93.5 cm³/mol. The molecule has 2 saturated heterocycles. The average molecular weight is 383 g/mol. The largest absolute Gasteiger partial charge is 0.348 e. The first kappa shape index (κ1) is 21.1. The molecule has 2 rings (SSSR count). The molecule has 2 atom stereocenters. The van der Waals surface area contributed by atoms with E-state index in [1.54, 1.807) is 19.0 Å². The van der Waals surface area contributed by atoms with Crippen LogP contribution in [0.5, 0.6) is 0 Å². The number of rotatable bonds is 4. The van der Waals surface area contributed by atoms with Crippen molar-refractivity contribution in [2.75, 3.05) is 46.8 Å².